The monoisotopic (exact) mass is 251 g/mol. The van der Waals surface area contributed by atoms with E-state index in [1.165, 1.54) is 25.3 Å². The van der Waals surface area contributed by atoms with E-state index in [4.69, 9.17) is 18.1 Å². The second-order valence-corrected chi connectivity index (χ2v) is 3.74. The first kappa shape index (κ1) is 11.3. The van der Waals surface area contributed by atoms with Crippen LogP contribution >= 0.6 is 12.2 Å². The Bertz CT molecular complexity index is 717. The van der Waals surface area contributed by atoms with Gasteiger partial charge in [0, 0.05) is 0 Å². The number of carbonyl (C=O) groups is 1. The number of aromatic nitrogens is 2. The zero-order chi connectivity index (χ0) is 12.6. The van der Waals surface area contributed by atoms with Gasteiger partial charge in [-0.2, -0.15) is 4.68 Å². The van der Waals surface area contributed by atoms with Gasteiger partial charge >= 0.3 is 5.97 Å². The number of benzene rings is 1. The van der Waals surface area contributed by atoms with Crippen molar-refractivity contribution in [3.05, 3.63) is 38.9 Å². The molecular formula is C10H9N3O3S. The third-order valence-electron chi connectivity index (χ3n) is 2.35. The maximum Gasteiger partial charge on any atom is 0.337 e. The smallest absolute Gasteiger partial charge is 0.337 e. The Morgan fingerprint density at radius 2 is 2.24 bits per heavy atom. The first-order valence-electron chi connectivity index (χ1n) is 4.67. The number of nitrogens with one attached hydrogen (secondary N) is 1. The molecule has 0 saturated carbocycles. The molecule has 88 valence electrons. The van der Waals surface area contributed by atoms with Crippen molar-refractivity contribution in [2.24, 2.45) is 0 Å². The molecule has 0 amide bonds. The maximum atomic E-state index is 11.7. The van der Waals surface area contributed by atoms with Crippen molar-refractivity contribution < 1.29 is 9.53 Å². The molecule has 17 heavy (non-hydrogen) atoms. The third-order valence-corrected chi connectivity index (χ3v) is 2.65. The van der Waals surface area contributed by atoms with Gasteiger partial charge in [-0.25, -0.2) is 4.79 Å². The molecule has 0 atom stereocenters. The number of aromatic amines is 1. The van der Waals surface area contributed by atoms with Gasteiger partial charge in [-0.15, -0.1) is 0 Å². The Kier molecular flexibility index (Phi) is 2.68. The molecule has 0 aliphatic rings. The second-order valence-electron chi connectivity index (χ2n) is 3.36. The molecule has 0 bridgehead atoms. The van der Waals surface area contributed by atoms with Crippen LogP contribution in [0.2, 0.25) is 0 Å². The maximum absolute atomic E-state index is 11.7. The van der Waals surface area contributed by atoms with Crippen molar-refractivity contribution in [2.75, 3.05) is 13.0 Å². The topological polar surface area (TPSA) is 90.1 Å². The third kappa shape index (κ3) is 1.80. The summed E-state index contributed by atoms with van der Waals surface area (Å²) in [6.45, 7) is 0. The van der Waals surface area contributed by atoms with Crippen LogP contribution in [0.25, 0.3) is 10.9 Å². The van der Waals surface area contributed by atoms with E-state index in [1.807, 2.05) is 0 Å². The molecule has 0 spiro atoms. The summed E-state index contributed by atoms with van der Waals surface area (Å²) in [4.78, 5) is 25.8. The summed E-state index contributed by atoms with van der Waals surface area (Å²) in [6.07, 6.45) is 0. The lowest BCUT2D eigenvalue weighted by molar-refractivity contribution is 0.0601. The molecule has 7 heteroatoms. The SMILES string of the molecule is COC(=O)c1ccc2c(=O)n(N)c(=S)[nH]c2c1. The van der Waals surface area contributed by atoms with E-state index in [1.54, 1.807) is 0 Å². The number of carbonyl (C=O) groups excluding carboxylic acids is 1. The summed E-state index contributed by atoms with van der Waals surface area (Å²) in [5, 5.41) is 0.355. The van der Waals surface area contributed by atoms with Gasteiger partial charge < -0.3 is 15.6 Å². The zero-order valence-electron chi connectivity index (χ0n) is 8.89. The van der Waals surface area contributed by atoms with Gasteiger partial charge in [0.2, 0.25) is 0 Å². The molecule has 0 unspecified atom stereocenters. The Balaban J connectivity index is 2.80. The molecule has 6 nitrogen and oxygen atoms in total. The summed E-state index contributed by atoms with van der Waals surface area (Å²) in [5.74, 6) is 4.97. The first-order valence-corrected chi connectivity index (χ1v) is 5.08. The number of nitrogens with two attached hydrogens (primary N) is 1. The fraction of sp³-hybridized carbons (Fsp3) is 0.100. The Morgan fingerprint density at radius 3 is 2.88 bits per heavy atom. The minimum atomic E-state index is -0.483. The summed E-state index contributed by atoms with van der Waals surface area (Å²) in [6, 6.07) is 4.49. The molecule has 1 aromatic carbocycles. The number of esters is 1. The predicted molar refractivity (Wildman–Crippen MR) is 64.9 cm³/mol. The van der Waals surface area contributed by atoms with Gasteiger partial charge in [0.05, 0.1) is 23.6 Å². The molecule has 1 heterocycles. The Hall–Kier alpha value is -2.15. The standard InChI is InChI=1S/C10H9N3O3S/c1-16-9(15)5-2-3-6-7(4-5)12-10(17)13(11)8(6)14/h2-4H,11H2,1H3,(H,12,17). The number of rotatable bonds is 1. The number of fused-ring (bicyclic) bond motifs is 1. The molecule has 2 aromatic rings. The molecule has 1 aromatic heterocycles. The molecule has 3 N–H and O–H groups in total. The van der Waals surface area contributed by atoms with Gasteiger partial charge in [0.25, 0.3) is 5.56 Å². The molecule has 2 rings (SSSR count). The van der Waals surface area contributed by atoms with Gasteiger partial charge in [-0.1, -0.05) is 0 Å². The Labute approximate surface area is 101 Å². The highest BCUT2D eigenvalue weighted by Crippen LogP contribution is 2.10. The number of nitrogen functional groups attached to an aromatic ring is 1. The molecule has 0 saturated heterocycles. The highest BCUT2D eigenvalue weighted by atomic mass is 32.1. The van der Waals surface area contributed by atoms with Gasteiger partial charge in [-0.3, -0.25) is 4.79 Å². The average Bonchev–Trinajstić information content (AvgIpc) is 2.34. The van der Waals surface area contributed by atoms with Crippen LogP contribution in [0, 0.1) is 4.77 Å². The Morgan fingerprint density at radius 1 is 1.53 bits per heavy atom. The van der Waals surface area contributed by atoms with Crippen molar-refractivity contribution in [3.8, 4) is 0 Å². The van der Waals surface area contributed by atoms with E-state index in [-0.39, 0.29) is 4.77 Å². The first-order chi connectivity index (χ1) is 8.04. The fourth-order valence-corrected chi connectivity index (χ4v) is 1.67. The number of ether oxygens (including phenoxy) is 1. The van der Waals surface area contributed by atoms with E-state index in [0.717, 1.165) is 4.68 Å². The largest absolute Gasteiger partial charge is 0.465 e. The van der Waals surface area contributed by atoms with Crippen molar-refractivity contribution >= 4 is 29.1 Å². The number of methoxy groups -OCH3 is 1. The summed E-state index contributed by atoms with van der Waals surface area (Å²) in [7, 11) is 1.28. The van der Waals surface area contributed by atoms with E-state index >= 15 is 0 Å². The number of nitrogens with zero attached hydrogens (tertiary/aromatic N) is 1. The number of hydrogen-bond donors (Lipinski definition) is 2. The van der Waals surface area contributed by atoms with Gasteiger partial charge in [-0.05, 0) is 30.4 Å². The van der Waals surface area contributed by atoms with Crippen molar-refractivity contribution in [2.45, 2.75) is 0 Å². The average molecular weight is 251 g/mol. The van der Waals surface area contributed by atoms with E-state index in [2.05, 4.69) is 9.72 Å². The molecule has 0 fully saturated rings. The van der Waals surface area contributed by atoms with Crippen molar-refractivity contribution in [1.82, 2.24) is 9.66 Å². The normalized spacial score (nSPS) is 10.4. The van der Waals surface area contributed by atoms with E-state index in [9.17, 15) is 9.59 Å². The number of H-pyrrole nitrogens is 1. The minimum Gasteiger partial charge on any atom is -0.465 e. The van der Waals surface area contributed by atoms with Gasteiger partial charge in [0.1, 0.15) is 0 Å². The lowest BCUT2D eigenvalue weighted by Crippen LogP contribution is -2.28. The molecule has 0 aliphatic carbocycles. The van der Waals surface area contributed by atoms with Crippen LogP contribution in [-0.4, -0.2) is 22.7 Å². The van der Waals surface area contributed by atoms with Gasteiger partial charge in [0.15, 0.2) is 4.77 Å². The van der Waals surface area contributed by atoms with Crippen molar-refractivity contribution in [3.63, 3.8) is 0 Å². The lowest BCUT2D eigenvalue weighted by atomic mass is 10.1. The van der Waals surface area contributed by atoms with Crippen LogP contribution in [0.15, 0.2) is 23.0 Å². The van der Waals surface area contributed by atoms with Crippen LogP contribution in [0.4, 0.5) is 0 Å². The summed E-state index contributed by atoms with van der Waals surface area (Å²) in [5.41, 5.74) is 0.365. The molecule has 0 aliphatic heterocycles. The number of hydrogen-bond acceptors (Lipinski definition) is 5. The predicted octanol–water partition coefficient (Wildman–Crippen LogP) is 0.559. The van der Waals surface area contributed by atoms with Crippen LogP contribution in [0.3, 0.4) is 0 Å². The van der Waals surface area contributed by atoms with Crippen LogP contribution in [0.1, 0.15) is 10.4 Å². The van der Waals surface area contributed by atoms with Crippen LogP contribution in [-0.2, 0) is 4.74 Å². The highest BCUT2D eigenvalue weighted by Gasteiger charge is 2.09. The molecule has 0 radical (unpaired) electrons. The van der Waals surface area contributed by atoms with Crippen LogP contribution in [0.5, 0.6) is 0 Å². The quantitative estimate of drug-likeness (QED) is 0.439. The summed E-state index contributed by atoms with van der Waals surface area (Å²) >= 11 is 4.87. The second kappa shape index (κ2) is 4.02. The fourth-order valence-electron chi connectivity index (χ4n) is 1.48. The zero-order valence-corrected chi connectivity index (χ0v) is 9.71. The molecular weight excluding hydrogens is 242 g/mol. The highest BCUT2D eigenvalue weighted by molar-refractivity contribution is 7.71. The van der Waals surface area contributed by atoms with E-state index < -0.39 is 11.5 Å². The van der Waals surface area contributed by atoms with Crippen molar-refractivity contribution in [1.29, 1.82) is 0 Å². The minimum absolute atomic E-state index is 0.0875. The van der Waals surface area contributed by atoms with Crippen LogP contribution < -0.4 is 11.4 Å². The summed E-state index contributed by atoms with van der Waals surface area (Å²) < 4.78 is 5.51. The van der Waals surface area contributed by atoms with E-state index in [0.29, 0.717) is 16.5 Å². The lowest BCUT2D eigenvalue weighted by Gasteiger charge is -2.04.